The number of aromatic nitrogens is 2. The van der Waals surface area contributed by atoms with E-state index in [2.05, 4.69) is 5.10 Å². The van der Waals surface area contributed by atoms with Crippen LogP contribution in [-0.2, 0) is 16.2 Å². The first kappa shape index (κ1) is 17.7. The molecule has 9 heteroatoms. The van der Waals surface area contributed by atoms with E-state index in [4.69, 9.17) is 5.14 Å². The molecular weight excluding hydrogens is 355 g/mol. The first-order chi connectivity index (χ1) is 11.7. The van der Waals surface area contributed by atoms with Crippen LogP contribution in [-0.4, -0.2) is 18.2 Å². The Bertz CT molecular complexity index is 900. The van der Waals surface area contributed by atoms with Crippen molar-refractivity contribution in [3.8, 4) is 5.69 Å². The van der Waals surface area contributed by atoms with Gasteiger partial charge in [-0.15, -0.1) is 0 Å². The zero-order chi connectivity index (χ0) is 18.2. The maximum absolute atomic E-state index is 13.1. The molecule has 2 N–H and O–H groups in total. The minimum absolute atomic E-state index is 0.0773. The molecule has 1 aromatic heterocycles. The van der Waals surface area contributed by atoms with E-state index >= 15 is 0 Å². The molecule has 1 atom stereocenters. The Morgan fingerprint density at radius 1 is 1.16 bits per heavy atom. The molecule has 134 valence electrons. The molecule has 0 saturated heterocycles. The van der Waals surface area contributed by atoms with Crippen molar-refractivity contribution in [1.82, 2.24) is 9.78 Å². The third-order valence-electron chi connectivity index (χ3n) is 4.12. The average molecular weight is 371 g/mol. The fraction of sp³-hybridized carbons (Fsp3) is 0.312. The lowest BCUT2D eigenvalue weighted by atomic mass is 9.91. The largest absolute Gasteiger partial charge is 0.435 e. The molecule has 3 rings (SSSR count). The summed E-state index contributed by atoms with van der Waals surface area (Å²) in [6.07, 6.45) is 1.56. The minimum atomic E-state index is -4.55. The molecule has 0 saturated carbocycles. The lowest BCUT2D eigenvalue weighted by Gasteiger charge is -2.19. The summed E-state index contributed by atoms with van der Waals surface area (Å²) >= 11 is 0. The predicted octanol–water partition coefficient (Wildman–Crippen LogP) is 3.36. The maximum Gasteiger partial charge on any atom is 0.435 e. The van der Waals surface area contributed by atoms with E-state index in [1.54, 1.807) is 0 Å². The minimum Gasteiger partial charge on any atom is -0.237 e. The van der Waals surface area contributed by atoms with Crippen LogP contribution in [0, 0.1) is 0 Å². The smallest absolute Gasteiger partial charge is 0.237 e. The molecule has 0 fully saturated rings. The highest BCUT2D eigenvalue weighted by molar-refractivity contribution is 7.89. The normalized spacial score (nSPS) is 18.5. The zero-order valence-corrected chi connectivity index (χ0v) is 13.9. The second-order valence-corrected chi connectivity index (χ2v) is 7.45. The van der Waals surface area contributed by atoms with Crippen LogP contribution >= 0.6 is 0 Å². The Morgan fingerprint density at radius 3 is 2.36 bits per heavy atom. The Hall–Kier alpha value is -2.13. The van der Waals surface area contributed by atoms with Gasteiger partial charge in [-0.3, -0.25) is 0 Å². The van der Waals surface area contributed by atoms with E-state index in [0.717, 1.165) is 18.9 Å². The van der Waals surface area contributed by atoms with Gasteiger partial charge in [0.1, 0.15) is 0 Å². The van der Waals surface area contributed by atoms with Crippen molar-refractivity contribution in [1.29, 1.82) is 0 Å². The standard InChI is InChI=1S/C16H16F3N3O2S/c17-16(18,19)15-10-14(11-4-2-1-3-5-11)22(21-15)12-6-8-13(9-7-12)25(20,23)24/h1-2,6-11H,3-5H2,(H2,20,23,24). The van der Waals surface area contributed by atoms with Crippen molar-refractivity contribution in [3.05, 3.63) is 53.9 Å². The number of rotatable bonds is 3. The molecule has 0 bridgehead atoms. The summed E-state index contributed by atoms with van der Waals surface area (Å²) in [6, 6.07) is 6.37. The van der Waals surface area contributed by atoms with Crippen LogP contribution in [0.15, 0.2) is 47.4 Å². The van der Waals surface area contributed by atoms with Crippen LogP contribution in [0.3, 0.4) is 0 Å². The summed E-state index contributed by atoms with van der Waals surface area (Å²) in [4.78, 5) is -0.110. The summed E-state index contributed by atoms with van der Waals surface area (Å²) in [6.45, 7) is 0. The van der Waals surface area contributed by atoms with E-state index in [0.29, 0.717) is 17.8 Å². The monoisotopic (exact) mass is 371 g/mol. The SMILES string of the molecule is NS(=O)(=O)c1ccc(-n2nc(C(F)(F)F)cc2C2CC=CCC2)cc1. The first-order valence-electron chi connectivity index (χ1n) is 7.61. The summed E-state index contributed by atoms with van der Waals surface area (Å²) in [7, 11) is -3.87. The van der Waals surface area contributed by atoms with Gasteiger partial charge in [0.2, 0.25) is 10.0 Å². The quantitative estimate of drug-likeness (QED) is 0.841. The van der Waals surface area contributed by atoms with Gasteiger partial charge in [-0.1, -0.05) is 12.2 Å². The number of hydrogen-bond acceptors (Lipinski definition) is 3. The first-order valence-corrected chi connectivity index (χ1v) is 9.16. The Morgan fingerprint density at radius 2 is 1.84 bits per heavy atom. The molecule has 0 aliphatic heterocycles. The molecule has 1 aromatic carbocycles. The highest BCUT2D eigenvalue weighted by Crippen LogP contribution is 2.35. The molecule has 5 nitrogen and oxygen atoms in total. The van der Waals surface area contributed by atoms with Gasteiger partial charge in [-0.2, -0.15) is 18.3 Å². The van der Waals surface area contributed by atoms with Gasteiger partial charge in [-0.05, 0) is 49.6 Å². The maximum atomic E-state index is 13.1. The van der Waals surface area contributed by atoms with Gasteiger partial charge in [0.05, 0.1) is 10.6 Å². The van der Waals surface area contributed by atoms with Crippen LogP contribution in [0.5, 0.6) is 0 Å². The molecule has 1 heterocycles. The number of nitrogens with zero attached hydrogens (tertiary/aromatic N) is 2. The lowest BCUT2D eigenvalue weighted by Crippen LogP contribution is -2.13. The number of alkyl halides is 3. The van der Waals surface area contributed by atoms with Crippen molar-refractivity contribution in [3.63, 3.8) is 0 Å². The zero-order valence-electron chi connectivity index (χ0n) is 13.1. The molecule has 1 unspecified atom stereocenters. The topological polar surface area (TPSA) is 78.0 Å². The summed E-state index contributed by atoms with van der Waals surface area (Å²) in [5.41, 5.74) is -0.153. The van der Waals surface area contributed by atoms with Crippen molar-refractivity contribution >= 4 is 10.0 Å². The fourth-order valence-electron chi connectivity index (χ4n) is 2.87. The molecule has 0 radical (unpaired) electrons. The number of nitrogens with two attached hydrogens (primary N) is 1. The highest BCUT2D eigenvalue weighted by Gasteiger charge is 2.36. The van der Waals surface area contributed by atoms with E-state index in [9.17, 15) is 21.6 Å². The number of sulfonamides is 1. The van der Waals surface area contributed by atoms with Crippen LogP contribution < -0.4 is 5.14 Å². The molecule has 0 amide bonds. The van der Waals surface area contributed by atoms with Crippen molar-refractivity contribution < 1.29 is 21.6 Å². The number of primary sulfonamides is 1. The number of benzene rings is 1. The molecule has 2 aromatic rings. The van der Waals surface area contributed by atoms with Gasteiger partial charge in [0.15, 0.2) is 5.69 Å². The van der Waals surface area contributed by atoms with Gasteiger partial charge in [0, 0.05) is 11.6 Å². The number of halogens is 3. The molecule has 1 aliphatic carbocycles. The van der Waals surface area contributed by atoms with Crippen LogP contribution in [0.2, 0.25) is 0 Å². The Balaban J connectivity index is 2.07. The van der Waals surface area contributed by atoms with Crippen LogP contribution in [0.1, 0.15) is 36.6 Å². The van der Waals surface area contributed by atoms with Crippen molar-refractivity contribution in [2.45, 2.75) is 36.3 Å². The second-order valence-electron chi connectivity index (χ2n) is 5.88. The van der Waals surface area contributed by atoms with Crippen LogP contribution in [0.25, 0.3) is 5.69 Å². The molecule has 25 heavy (non-hydrogen) atoms. The number of hydrogen-bond donors (Lipinski definition) is 1. The molecule has 1 aliphatic rings. The van der Waals surface area contributed by atoms with E-state index in [-0.39, 0.29) is 10.8 Å². The highest BCUT2D eigenvalue weighted by atomic mass is 32.2. The second kappa shape index (κ2) is 6.30. The van der Waals surface area contributed by atoms with Gasteiger partial charge in [0.25, 0.3) is 0 Å². The van der Waals surface area contributed by atoms with E-state index in [1.807, 2.05) is 12.2 Å². The molecular formula is C16H16F3N3O2S. The summed E-state index contributed by atoms with van der Waals surface area (Å²) in [5, 5.41) is 8.75. The summed E-state index contributed by atoms with van der Waals surface area (Å²) < 4.78 is 63.2. The average Bonchev–Trinajstić information content (AvgIpc) is 3.00. The van der Waals surface area contributed by atoms with E-state index < -0.39 is 21.9 Å². The lowest BCUT2D eigenvalue weighted by molar-refractivity contribution is -0.141. The van der Waals surface area contributed by atoms with Gasteiger partial charge in [-0.25, -0.2) is 18.2 Å². The Labute approximate surface area is 143 Å². The summed E-state index contributed by atoms with van der Waals surface area (Å²) in [5.74, 6) is -0.0773. The van der Waals surface area contributed by atoms with Crippen LogP contribution in [0.4, 0.5) is 13.2 Å². The third kappa shape index (κ3) is 3.77. The van der Waals surface area contributed by atoms with Gasteiger partial charge >= 0.3 is 6.18 Å². The fourth-order valence-corrected chi connectivity index (χ4v) is 3.39. The van der Waals surface area contributed by atoms with Crippen molar-refractivity contribution in [2.75, 3.05) is 0 Å². The Kier molecular flexibility index (Phi) is 4.46. The predicted molar refractivity (Wildman–Crippen MR) is 85.7 cm³/mol. The third-order valence-corrected chi connectivity index (χ3v) is 5.05. The number of allylic oxidation sites excluding steroid dienone is 2. The van der Waals surface area contributed by atoms with E-state index in [1.165, 1.54) is 28.9 Å². The van der Waals surface area contributed by atoms with Crippen molar-refractivity contribution in [2.24, 2.45) is 5.14 Å². The van der Waals surface area contributed by atoms with Gasteiger partial charge < -0.3 is 0 Å². The molecule has 0 spiro atoms.